The van der Waals surface area contributed by atoms with Crippen molar-refractivity contribution in [2.24, 2.45) is 0 Å². The SMILES string of the molecule is Cc1nc(C(=O)N2CCNCC2)[nH]c1C. The van der Waals surface area contributed by atoms with E-state index in [1.165, 1.54) is 0 Å². The molecule has 0 atom stereocenters. The molecule has 0 aromatic carbocycles. The van der Waals surface area contributed by atoms with Gasteiger partial charge in [-0.1, -0.05) is 0 Å². The summed E-state index contributed by atoms with van der Waals surface area (Å²) in [5.74, 6) is 0.472. The van der Waals surface area contributed by atoms with Gasteiger partial charge in [0.15, 0.2) is 5.82 Å². The average molecular weight is 208 g/mol. The van der Waals surface area contributed by atoms with Crippen molar-refractivity contribution < 1.29 is 4.79 Å². The summed E-state index contributed by atoms with van der Waals surface area (Å²) >= 11 is 0. The van der Waals surface area contributed by atoms with Crippen molar-refractivity contribution in [3.63, 3.8) is 0 Å². The van der Waals surface area contributed by atoms with Gasteiger partial charge in [0.05, 0.1) is 5.69 Å². The number of aromatic amines is 1. The standard InChI is InChI=1S/C10H16N4O/c1-7-8(2)13-9(12-7)10(15)14-5-3-11-4-6-14/h11H,3-6H2,1-2H3,(H,12,13). The fraction of sp³-hybridized carbons (Fsp3) is 0.600. The zero-order valence-electron chi connectivity index (χ0n) is 9.13. The third kappa shape index (κ3) is 2.02. The Morgan fingerprint density at radius 3 is 2.53 bits per heavy atom. The first-order valence-electron chi connectivity index (χ1n) is 5.21. The van der Waals surface area contributed by atoms with Gasteiger partial charge in [0.1, 0.15) is 0 Å². The Kier molecular flexibility index (Phi) is 2.73. The largest absolute Gasteiger partial charge is 0.338 e. The first-order valence-corrected chi connectivity index (χ1v) is 5.21. The van der Waals surface area contributed by atoms with E-state index >= 15 is 0 Å². The minimum absolute atomic E-state index is 0.00713. The quantitative estimate of drug-likeness (QED) is 0.686. The van der Waals surface area contributed by atoms with Crippen molar-refractivity contribution in [2.45, 2.75) is 13.8 Å². The number of H-pyrrole nitrogens is 1. The number of carbonyl (C=O) groups is 1. The van der Waals surface area contributed by atoms with Gasteiger partial charge in [-0.05, 0) is 13.8 Å². The molecule has 2 heterocycles. The van der Waals surface area contributed by atoms with Crippen LogP contribution in [0.5, 0.6) is 0 Å². The molecule has 1 aromatic rings. The summed E-state index contributed by atoms with van der Waals surface area (Å²) in [6.45, 7) is 7.08. The Balaban J connectivity index is 2.12. The molecule has 0 radical (unpaired) electrons. The van der Waals surface area contributed by atoms with Crippen LogP contribution in [-0.4, -0.2) is 47.0 Å². The summed E-state index contributed by atoms with van der Waals surface area (Å²) in [5.41, 5.74) is 1.86. The number of amides is 1. The molecule has 1 aliphatic rings. The predicted molar refractivity (Wildman–Crippen MR) is 56.8 cm³/mol. The van der Waals surface area contributed by atoms with E-state index in [1.807, 2.05) is 18.7 Å². The Hall–Kier alpha value is -1.36. The lowest BCUT2D eigenvalue weighted by molar-refractivity contribution is 0.0724. The topological polar surface area (TPSA) is 61.0 Å². The highest BCUT2D eigenvalue weighted by molar-refractivity contribution is 5.90. The number of nitrogens with zero attached hydrogens (tertiary/aromatic N) is 2. The number of carbonyl (C=O) groups excluding carboxylic acids is 1. The zero-order valence-corrected chi connectivity index (χ0v) is 9.13. The lowest BCUT2D eigenvalue weighted by atomic mass is 10.3. The highest BCUT2D eigenvalue weighted by Gasteiger charge is 2.20. The number of hydrogen-bond donors (Lipinski definition) is 2. The van der Waals surface area contributed by atoms with E-state index in [0.29, 0.717) is 5.82 Å². The van der Waals surface area contributed by atoms with Gasteiger partial charge in [0.2, 0.25) is 0 Å². The summed E-state index contributed by atoms with van der Waals surface area (Å²) in [7, 11) is 0. The highest BCUT2D eigenvalue weighted by Crippen LogP contribution is 2.06. The van der Waals surface area contributed by atoms with Crippen molar-refractivity contribution >= 4 is 5.91 Å². The smallest absolute Gasteiger partial charge is 0.289 e. The van der Waals surface area contributed by atoms with Crippen LogP contribution in [-0.2, 0) is 0 Å². The number of aryl methyl sites for hydroxylation is 2. The van der Waals surface area contributed by atoms with E-state index in [4.69, 9.17) is 0 Å². The summed E-state index contributed by atoms with van der Waals surface area (Å²) in [5, 5.41) is 3.21. The second-order valence-electron chi connectivity index (χ2n) is 3.84. The van der Waals surface area contributed by atoms with Crippen LogP contribution in [0.2, 0.25) is 0 Å². The molecule has 0 bridgehead atoms. The zero-order chi connectivity index (χ0) is 10.8. The van der Waals surface area contributed by atoms with Gasteiger partial charge in [-0.2, -0.15) is 0 Å². The van der Waals surface area contributed by atoms with Crippen LogP contribution in [0.15, 0.2) is 0 Å². The van der Waals surface area contributed by atoms with Crippen LogP contribution in [0.4, 0.5) is 0 Å². The van der Waals surface area contributed by atoms with Crippen LogP contribution in [0.1, 0.15) is 22.0 Å². The molecule has 1 amide bonds. The molecule has 1 aromatic heterocycles. The van der Waals surface area contributed by atoms with E-state index in [1.54, 1.807) is 0 Å². The van der Waals surface area contributed by atoms with Crippen molar-refractivity contribution in [3.05, 3.63) is 17.2 Å². The number of hydrogen-bond acceptors (Lipinski definition) is 3. The molecule has 1 fully saturated rings. The fourth-order valence-corrected chi connectivity index (χ4v) is 1.67. The van der Waals surface area contributed by atoms with Gasteiger partial charge >= 0.3 is 0 Å². The van der Waals surface area contributed by atoms with Gasteiger partial charge in [0, 0.05) is 31.9 Å². The number of imidazole rings is 1. The minimum Gasteiger partial charge on any atom is -0.338 e. The summed E-state index contributed by atoms with van der Waals surface area (Å²) in [6, 6.07) is 0. The Morgan fingerprint density at radius 1 is 1.33 bits per heavy atom. The molecule has 1 saturated heterocycles. The molecular weight excluding hydrogens is 192 g/mol. The minimum atomic E-state index is 0.00713. The van der Waals surface area contributed by atoms with Crippen molar-refractivity contribution in [1.82, 2.24) is 20.2 Å². The molecule has 15 heavy (non-hydrogen) atoms. The maximum atomic E-state index is 12.0. The Bertz CT molecular complexity index is 346. The van der Waals surface area contributed by atoms with E-state index in [9.17, 15) is 4.79 Å². The van der Waals surface area contributed by atoms with Crippen molar-refractivity contribution in [2.75, 3.05) is 26.2 Å². The second kappa shape index (κ2) is 4.02. The van der Waals surface area contributed by atoms with Crippen molar-refractivity contribution in [1.29, 1.82) is 0 Å². The predicted octanol–water partition coefficient (Wildman–Crippen LogP) is 0.0719. The molecule has 2 rings (SSSR count). The molecule has 0 aliphatic carbocycles. The summed E-state index contributed by atoms with van der Waals surface area (Å²) < 4.78 is 0. The van der Waals surface area contributed by atoms with Gasteiger partial charge in [-0.15, -0.1) is 0 Å². The summed E-state index contributed by atoms with van der Waals surface area (Å²) in [6.07, 6.45) is 0. The third-order valence-corrected chi connectivity index (χ3v) is 2.73. The normalized spacial score (nSPS) is 16.8. The number of piperazine rings is 1. The fourth-order valence-electron chi connectivity index (χ4n) is 1.67. The lowest BCUT2D eigenvalue weighted by Crippen LogP contribution is -2.46. The number of aromatic nitrogens is 2. The number of nitrogens with one attached hydrogen (secondary N) is 2. The molecule has 5 nitrogen and oxygen atoms in total. The lowest BCUT2D eigenvalue weighted by Gasteiger charge is -2.26. The van der Waals surface area contributed by atoms with E-state index < -0.39 is 0 Å². The third-order valence-electron chi connectivity index (χ3n) is 2.73. The van der Waals surface area contributed by atoms with Gasteiger partial charge in [-0.3, -0.25) is 4.79 Å². The molecule has 0 spiro atoms. The van der Waals surface area contributed by atoms with Crippen LogP contribution < -0.4 is 5.32 Å². The summed E-state index contributed by atoms with van der Waals surface area (Å²) in [4.78, 5) is 21.0. The van der Waals surface area contributed by atoms with Crippen molar-refractivity contribution in [3.8, 4) is 0 Å². The molecular formula is C10H16N4O. The second-order valence-corrected chi connectivity index (χ2v) is 3.84. The van der Waals surface area contributed by atoms with Gasteiger partial charge < -0.3 is 15.2 Å². The Morgan fingerprint density at radius 2 is 2.00 bits per heavy atom. The molecule has 82 valence electrons. The van der Waals surface area contributed by atoms with E-state index in [-0.39, 0.29) is 5.91 Å². The maximum Gasteiger partial charge on any atom is 0.289 e. The molecule has 0 saturated carbocycles. The highest BCUT2D eigenvalue weighted by atomic mass is 16.2. The maximum absolute atomic E-state index is 12.0. The van der Waals surface area contributed by atoms with Crippen LogP contribution in [0, 0.1) is 13.8 Å². The van der Waals surface area contributed by atoms with Crippen LogP contribution in [0.3, 0.4) is 0 Å². The van der Waals surface area contributed by atoms with Gasteiger partial charge in [0.25, 0.3) is 5.91 Å². The van der Waals surface area contributed by atoms with Gasteiger partial charge in [-0.25, -0.2) is 4.98 Å². The van der Waals surface area contributed by atoms with E-state index in [0.717, 1.165) is 37.6 Å². The van der Waals surface area contributed by atoms with Crippen LogP contribution in [0.25, 0.3) is 0 Å². The Labute approximate surface area is 88.9 Å². The van der Waals surface area contributed by atoms with E-state index in [2.05, 4.69) is 15.3 Å². The molecule has 5 heteroatoms. The molecule has 0 unspecified atom stereocenters. The first-order chi connectivity index (χ1) is 7.18. The number of rotatable bonds is 1. The molecule has 2 N–H and O–H groups in total. The first kappa shape index (κ1) is 10.2. The average Bonchev–Trinajstić information content (AvgIpc) is 2.59. The molecule has 1 aliphatic heterocycles. The monoisotopic (exact) mass is 208 g/mol. The van der Waals surface area contributed by atoms with Crippen LogP contribution >= 0.6 is 0 Å².